The van der Waals surface area contributed by atoms with E-state index in [2.05, 4.69) is 4.90 Å². The van der Waals surface area contributed by atoms with Gasteiger partial charge in [-0.2, -0.15) is 0 Å². The maximum Gasteiger partial charge on any atom is 0.295 e. The average molecular weight is 497 g/mol. The van der Waals surface area contributed by atoms with Gasteiger partial charge in [0.05, 0.1) is 45.7 Å². The molecule has 1 atom stereocenters. The number of methoxy groups -OCH3 is 2. The van der Waals surface area contributed by atoms with E-state index in [0.29, 0.717) is 61.3 Å². The highest BCUT2D eigenvalue weighted by Crippen LogP contribution is 2.45. The Kier molecular flexibility index (Phi) is 8.12. The molecule has 2 fully saturated rings. The fourth-order valence-corrected chi connectivity index (χ4v) is 4.67. The number of nitrogens with zero attached hydrogens (tertiary/aromatic N) is 2. The molecule has 1 N–H and O–H groups in total. The van der Waals surface area contributed by atoms with Crippen molar-refractivity contribution in [3.05, 3.63) is 59.2 Å². The molecule has 0 radical (unpaired) electrons. The van der Waals surface area contributed by atoms with Crippen LogP contribution < -0.4 is 14.2 Å². The number of hydrogen-bond donors (Lipinski definition) is 1. The van der Waals surface area contributed by atoms with Crippen molar-refractivity contribution >= 4 is 17.4 Å². The quantitative estimate of drug-likeness (QED) is 0.322. The van der Waals surface area contributed by atoms with E-state index in [4.69, 9.17) is 18.9 Å². The Hall–Kier alpha value is -3.56. The summed E-state index contributed by atoms with van der Waals surface area (Å²) in [4.78, 5) is 30.3. The number of Topliss-reactive ketones (excluding diaryl/α,β-unsaturated/α-hetero) is 1. The molecule has 2 aromatic rings. The van der Waals surface area contributed by atoms with Crippen LogP contribution in [0.2, 0.25) is 0 Å². The molecule has 192 valence electrons. The fraction of sp³-hybridized carbons (Fsp3) is 0.407. The van der Waals surface area contributed by atoms with Gasteiger partial charge >= 0.3 is 0 Å². The topological polar surface area (TPSA) is 97.8 Å². The van der Waals surface area contributed by atoms with Gasteiger partial charge < -0.3 is 29.0 Å². The SMILES string of the molecule is CCOc1ccc(C(O)=C2C(=O)C(=O)N(CCN3CCOCC3)C2c2cccc(OC)c2OC)cc1. The lowest BCUT2D eigenvalue weighted by molar-refractivity contribution is -0.140. The minimum Gasteiger partial charge on any atom is -0.507 e. The molecule has 2 aliphatic heterocycles. The maximum absolute atomic E-state index is 13.3. The Morgan fingerprint density at radius 1 is 1.03 bits per heavy atom. The lowest BCUT2D eigenvalue weighted by atomic mass is 9.94. The number of hydrogen-bond acceptors (Lipinski definition) is 8. The van der Waals surface area contributed by atoms with Gasteiger partial charge in [-0.25, -0.2) is 0 Å². The van der Waals surface area contributed by atoms with Crippen molar-refractivity contribution in [1.82, 2.24) is 9.80 Å². The van der Waals surface area contributed by atoms with E-state index in [1.165, 1.54) is 19.1 Å². The monoisotopic (exact) mass is 496 g/mol. The number of amides is 1. The summed E-state index contributed by atoms with van der Waals surface area (Å²) >= 11 is 0. The zero-order valence-electron chi connectivity index (χ0n) is 20.9. The number of ketones is 1. The number of para-hydroxylation sites is 1. The van der Waals surface area contributed by atoms with Crippen LogP contribution in [0.5, 0.6) is 17.2 Å². The highest BCUT2D eigenvalue weighted by atomic mass is 16.5. The highest BCUT2D eigenvalue weighted by Gasteiger charge is 2.47. The Bertz CT molecular complexity index is 1120. The van der Waals surface area contributed by atoms with Gasteiger partial charge in [0.15, 0.2) is 11.5 Å². The molecule has 0 aliphatic carbocycles. The van der Waals surface area contributed by atoms with Crippen LogP contribution in [0.15, 0.2) is 48.0 Å². The van der Waals surface area contributed by atoms with Crippen LogP contribution in [0.1, 0.15) is 24.1 Å². The number of carbonyl (C=O) groups is 2. The van der Waals surface area contributed by atoms with Crippen LogP contribution in [0.25, 0.3) is 5.76 Å². The Morgan fingerprint density at radius 3 is 2.39 bits per heavy atom. The molecule has 4 rings (SSSR count). The van der Waals surface area contributed by atoms with E-state index in [0.717, 1.165) is 13.1 Å². The Balaban J connectivity index is 1.79. The molecular formula is C27H32N2O7. The van der Waals surface area contributed by atoms with Gasteiger partial charge in [0.1, 0.15) is 11.5 Å². The molecule has 0 aromatic heterocycles. The van der Waals surface area contributed by atoms with Crippen molar-refractivity contribution in [3.8, 4) is 17.2 Å². The van der Waals surface area contributed by atoms with Crippen LogP contribution in [0.4, 0.5) is 0 Å². The standard InChI is InChI=1S/C27H32N2O7/c1-4-36-19-10-8-18(9-11-19)24(30)22-23(20-6-5-7-21(33-2)26(20)34-3)29(27(32)25(22)31)13-12-28-14-16-35-17-15-28/h5-11,23,30H,4,12-17H2,1-3H3. The first-order valence-corrected chi connectivity index (χ1v) is 12.0. The zero-order chi connectivity index (χ0) is 25.7. The summed E-state index contributed by atoms with van der Waals surface area (Å²) in [7, 11) is 3.03. The van der Waals surface area contributed by atoms with E-state index in [9.17, 15) is 14.7 Å². The summed E-state index contributed by atoms with van der Waals surface area (Å²) in [5.74, 6) is -0.134. The van der Waals surface area contributed by atoms with E-state index in [-0.39, 0.29) is 11.3 Å². The first kappa shape index (κ1) is 25.5. The largest absolute Gasteiger partial charge is 0.507 e. The molecular weight excluding hydrogens is 464 g/mol. The summed E-state index contributed by atoms with van der Waals surface area (Å²) < 4.78 is 22.0. The second-order valence-electron chi connectivity index (χ2n) is 8.49. The van der Waals surface area contributed by atoms with Gasteiger partial charge in [0.2, 0.25) is 0 Å². The van der Waals surface area contributed by atoms with Crippen molar-refractivity contribution in [2.75, 3.05) is 60.2 Å². The van der Waals surface area contributed by atoms with Crippen LogP contribution in [0.3, 0.4) is 0 Å². The predicted molar refractivity (Wildman–Crippen MR) is 133 cm³/mol. The summed E-state index contributed by atoms with van der Waals surface area (Å²) in [6.07, 6.45) is 0. The van der Waals surface area contributed by atoms with Gasteiger partial charge in [0.25, 0.3) is 11.7 Å². The van der Waals surface area contributed by atoms with Crippen LogP contribution >= 0.6 is 0 Å². The van der Waals surface area contributed by atoms with E-state index in [1.807, 2.05) is 6.92 Å². The molecule has 36 heavy (non-hydrogen) atoms. The van der Waals surface area contributed by atoms with Crippen molar-refractivity contribution < 1.29 is 33.6 Å². The highest BCUT2D eigenvalue weighted by molar-refractivity contribution is 6.46. The van der Waals surface area contributed by atoms with Crippen LogP contribution in [-0.2, 0) is 14.3 Å². The number of aliphatic hydroxyl groups excluding tert-OH is 1. The number of aliphatic hydroxyl groups is 1. The van der Waals surface area contributed by atoms with E-state index >= 15 is 0 Å². The molecule has 2 aromatic carbocycles. The number of carbonyl (C=O) groups excluding carboxylic acids is 2. The molecule has 2 heterocycles. The third kappa shape index (κ3) is 5.03. The third-order valence-electron chi connectivity index (χ3n) is 6.47. The first-order valence-electron chi connectivity index (χ1n) is 12.0. The summed E-state index contributed by atoms with van der Waals surface area (Å²) in [6.45, 7) is 6.03. The molecule has 1 amide bonds. The summed E-state index contributed by atoms with van der Waals surface area (Å²) in [5.41, 5.74) is 0.986. The molecule has 0 bridgehead atoms. The maximum atomic E-state index is 13.3. The second-order valence-corrected chi connectivity index (χ2v) is 8.49. The van der Waals surface area contributed by atoms with Gasteiger partial charge in [-0.15, -0.1) is 0 Å². The number of rotatable bonds is 9. The van der Waals surface area contributed by atoms with Gasteiger partial charge in [-0.3, -0.25) is 14.5 Å². The van der Waals surface area contributed by atoms with Crippen molar-refractivity contribution in [2.24, 2.45) is 0 Å². The number of likely N-dealkylation sites (tertiary alicyclic amines) is 1. The minimum atomic E-state index is -0.845. The molecule has 0 saturated carbocycles. The van der Waals surface area contributed by atoms with Gasteiger partial charge in [0, 0.05) is 37.3 Å². The second kappa shape index (κ2) is 11.5. The molecule has 1 unspecified atom stereocenters. The van der Waals surface area contributed by atoms with Crippen molar-refractivity contribution in [1.29, 1.82) is 0 Å². The van der Waals surface area contributed by atoms with Crippen molar-refractivity contribution in [3.63, 3.8) is 0 Å². The number of ether oxygens (including phenoxy) is 4. The Morgan fingerprint density at radius 2 is 1.75 bits per heavy atom. The molecule has 9 heteroatoms. The molecule has 2 aliphatic rings. The number of morpholine rings is 1. The third-order valence-corrected chi connectivity index (χ3v) is 6.47. The zero-order valence-corrected chi connectivity index (χ0v) is 20.9. The average Bonchev–Trinajstić information content (AvgIpc) is 3.17. The van der Waals surface area contributed by atoms with E-state index in [1.54, 1.807) is 42.5 Å². The van der Waals surface area contributed by atoms with Crippen LogP contribution in [-0.4, -0.2) is 86.8 Å². The van der Waals surface area contributed by atoms with Gasteiger partial charge in [-0.05, 0) is 37.3 Å². The lowest BCUT2D eigenvalue weighted by Crippen LogP contribution is -2.42. The fourth-order valence-electron chi connectivity index (χ4n) is 4.67. The molecule has 2 saturated heterocycles. The predicted octanol–water partition coefficient (Wildman–Crippen LogP) is 2.86. The summed E-state index contributed by atoms with van der Waals surface area (Å²) in [5, 5.41) is 11.3. The normalized spacial score (nSPS) is 20.0. The lowest BCUT2D eigenvalue weighted by Gasteiger charge is -2.31. The number of benzene rings is 2. The minimum absolute atomic E-state index is 0.0118. The summed E-state index contributed by atoms with van der Waals surface area (Å²) in [6, 6.07) is 11.2. The molecule has 9 nitrogen and oxygen atoms in total. The van der Waals surface area contributed by atoms with Crippen LogP contribution in [0, 0.1) is 0 Å². The van der Waals surface area contributed by atoms with Crippen molar-refractivity contribution in [2.45, 2.75) is 13.0 Å². The Labute approximate surface area is 210 Å². The first-order chi connectivity index (χ1) is 17.5. The molecule has 0 spiro atoms. The van der Waals surface area contributed by atoms with E-state index < -0.39 is 17.7 Å². The van der Waals surface area contributed by atoms with Gasteiger partial charge in [-0.1, -0.05) is 12.1 Å². The smallest absolute Gasteiger partial charge is 0.295 e.